The molecule has 1 N–H and O–H groups in total. The van der Waals surface area contributed by atoms with Crippen LogP contribution in [0.15, 0.2) is 152 Å². The highest BCUT2D eigenvalue weighted by Gasteiger charge is 2.27. The first-order valence-electron chi connectivity index (χ1n) is 22.3. The van der Waals surface area contributed by atoms with Gasteiger partial charge in [-0.2, -0.15) is 0 Å². The number of para-hydroxylation sites is 1. The van der Waals surface area contributed by atoms with Gasteiger partial charge < -0.3 is 14.3 Å². The Hall–Kier alpha value is -6.72. The number of fused-ring (bicyclic) bond motifs is 8. The maximum atomic E-state index is 6.92. The summed E-state index contributed by atoms with van der Waals surface area (Å²) in [6, 6.07) is 53.7. The molecule has 9 rings (SSSR count). The molecule has 3 aromatic heterocycles. The van der Waals surface area contributed by atoms with Crippen molar-refractivity contribution in [1.29, 1.82) is 0 Å². The van der Waals surface area contributed by atoms with E-state index in [-0.39, 0.29) is 0 Å². The van der Waals surface area contributed by atoms with Crippen molar-refractivity contribution >= 4 is 46.1 Å². The molecule has 8 bridgehead atoms. The zero-order chi connectivity index (χ0) is 41.2. The maximum Gasteiger partial charge on any atom is 0.147 e. The predicted molar refractivity (Wildman–Crippen MR) is 257 cm³/mol. The Morgan fingerprint density at radius 3 is 1.61 bits per heavy atom. The van der Waals surface area contributed by atoms with Gasteiger partial charge >= 0.3 is 0 Å². The molecule has 0 aliphatic carbocycles. The second-order valence-electron chi connectivity index (χ2n) is 16.1. The van der Waals surface area contributed by atoms with Crippen LogP contribution in [0.4, 0.5) is 0 Å². The molecule has 0 radical (unpaired) electrons. The van der Waals surface area contributed by atoms with Crippen LogP contribution in [0.25, 0.3) is 85.1 Å². The molecule has 0 fully saturated rings. The lowest BCUT2D eigenvalue weighted by atomic mass is 9.93. The second kappa shape index (κ2) is 19.1. The lowest BCUT2D eigenvalue weighted by Crippen LogP contribution is -2.00. The Morgan fingerprint density at radius 2 is 1.00 bits per heavy atom. The number of rotatable bonds is 16. The fraction of sp³-hybridized carbons (Fsp3) is 0.214. The van der Waals surface area contributed by atoms with Crippen LogP contribution in [0.5, 0.6) is 0 Å². The van der Waals surface area contributed by atoms with Crippen LogP contribution in [0, 0.1) is 0 Å². The standard InChI is InChI=1S/C56H54N4O/c1-2-3-4-5-6-7-8-9-10-23-36-61-51-40-48-38-46-33-32-44(57-46)37-45-34-35-47(58-45)39-50-52(41-24-15-11-16-25-41)53(42-26-17-12-18-27-42)56(60(50)49-30-21-14-22-31-49)54(55(51)59-48)43-28-19-13-20-29-43/h11-22,24-35,37-40,57H,2-10,23,36H2,1H3. The summed E-state index contributed by atoms with van der Waals surface area (Å²) in [5.41, 5.74) is 15.0. The molecule has 304 valence electrons. The van der Waals surface area contributed by atoms with Gasteiger partial charge in [0.2, 0.25) is 0 Å². The average molecular weight is 799 g/mol. The van der Waals surface area contributed by atoms with Crippen molar-refractivity contribution in [3.8, 4) is 39.1 Å². The van der Waals surface area contributed by atoms with Crippen molar-refractivity contribution in [1.82, 2.24) is 19.5 Å². The first-order chi connectivity index (χ1) is 30.2. The molecule has 5 heteroatoms. The largest absolute Gasteiger partial charge is 0.491 e. The predicted octanol–water partition coefficient (Wildman–Crippen LogP) is 15.4. The molecule has 2 aliphatic heterocycles. The lowest BCUT2D eigenvalue weighted by Gasteiger charge is -2.15. The minimum absolute atomic E-state index is 0.628. The van der Waals surface area contributed by atoms with E-state index in [0.29, 0.717) is 6.61 Å². The minimum atomic E-state index is 0.628. The highest BCUT2D eigenvalue weighted by Crippen LogP contribution is 2.48. The van der Waals surface area contributed by atoms with Crippen LogP contribution >= 0.6 is 0 Å². The van der Waals surface area contributed by atoms with E-state index >= 15 is 0 Å². The van der Waals surface area contributed by atoms with Crippen LogP contribution in [0.2, 0.25) is 0 Å². The molecular weight excluding hydrogens is 745 g/mol. The third-order valence-electron chi connectivity index (χ3n) is 11.7. The second-order valence-corrected chi connectivity index (χ2v) is 16.1. The fourth-order valence-electron chi connectivity index (χ4n) is 8.75. The average Bonchev–Trinajstić information content (AvgIpc) is 4.11. The van der Waals surface area contributed by atoms with Gasteiger partial charge in [-0.1, -0.05) is 174 Å². The van der Waals surface area contributed by atoms with E-state index in [1.165, 1.54) is 51.4 Å². The van der Waals surface area contributed by atoms with E-state index in [1.807, 2.05) is 0 Å². The molecule has 2 aliphatic rings. The molecule has 0 unspecified atom stereocenters. The summed E-state index contributed by atoms with van der Waals surface area (Å²) in [4.78, 5) is 14.3. The van der Waals surface area contributed by atoms with Gasteiger partial charge in [0.1, 0.15) is 11.5 Å². The fourth-order valence-corrected chi connectivity index (χ4v) is 8.75. The van der Waals surface area contributed by atoms with Crippen molar-refractivity contribution in [2.24, 2.45) is 0 Å². The van der Waals surface area contributed by atoms with E-state index in [2.05, 4.69) is 186 Å². The van der Waals surface area contributed by atoms with Gasteiger partial charge in [0.25, 0.3) is 0 Å². The zero-order valence-electron chi connectivity index (χ0n) is 35.2. The molecule has 4 aromatic carbocycles. The molecule has 0 atom stereocenters. The maximum absolute atomic E-state index is 6.92. The smallest absolute Gasteiger partial charge is 0.147 e. The van der Waals surface area contributed by atoms with Crippen LogP contribution in [-0.4, -0.2) is 26.1 Å². The quantitative estimate of drug-likeness (QED) is 0.0991. The Labute approximate surface area is 360 Å². The van der Waals surface area contributed by atoms with Crippen LogP contribution < -0.4 is 0 Å². The van der Waals surface area contributed by atoms with Gasteiger partial charge in [0.05, 0.1) is 34.7 Å². The Kier molecular flexibility index (Phi) is 12.4. The zero-order valence-corrected chi connectivity index (χ0v) is 35.2. The summed E-state index contributed by atoms with van der Waals surface area (Å²) in [7, 11) is 0. The number of aromatic nitrogens is 4. The summed E-state index contributed by atoms with van der Waals surface area (Å²) in [6.45, 7) is 2.91. The van der Waals surface area contributed by atoms with Gasteiger partial charge in [-0.3, -0.25) is 0 Å². The molecule has 5 heterocycles. The number of aromatic amines is 1. The SMILES string of the molecule is CCCCCCCCCCCCOC1=Cc2cc3ccc(cc4nc(cc5c(-c6ccccc6)c(-c6ccccc6)c(c(-c6ccccc6)c1n2)n5-c1ccccc1)C=C4)[nH]3. The molecule has 61 heavy (non-hydrogen) atoms. The minimum Gasteiger partial charge on any atom is -0.491 e. The molecule has 0 saturated heterocycles. The molecule has 7 aromatic rings. The molecular formula is C56H54N4O. The van der Waals surface area contributed by atoms with Gasteiger partial charge in [0, 0.05) is 39.5 Å². The molecule has 5 nitrogen and oxygen atoms in total. The van der Waals surface area contributed by atoms with Crippen LogP contribution in [0.3, 0.4) is 0 Å². The van der Waals surface area contributed by atoms with Crippen LogP contribution in [-0.2, 0) is 4.74 Å². The monoisotopic (exact) mass is 798 g/mol. The number of H-pyrrole nitrogens is 1. The number of hydrogen-bond donors (Lipinski definition) is 1. The van der Waals surface area contributed by atoms with Crippen molar-refractivity contribution in [2.75, 3.05) is 6.61 Å². The third-order valence-corrected chi connectivity index (χ3v) is 11.7. The number of nitrogens with one attached hydrogen (secondary N) is 1. The summed E-state index contributed by atoms with van der Waals surface area (Å²) in [6.07, 6.45) is 19.1. The number of ether oxygens (including phenoxy) is 1. The summed E-state index contributed by atoms with van der Waals surface area (Å²) in [5.74, 6) is 0.789. The normalized spacial score (nSPS) is 12.1. The van der Waals surface area contributed by atoms with Crippen molar-refractivity contribution in [2.45, 2.75) is 71.1 Å². The highest BCUT2D eigenvalue weighted by molar-refractivity contribution is 6.11. The van der Waals surface area contributed by atoms with Crippen molar-refractivity contribution < 1.29 is 4.74 Å². The van der Waals surface area contributed by atoms with E-state index < -0.39 is 0 Å². The summed E-state index contributed by atoms with van der Waals surface area (Å²) >= 11 is 0. The third kappa shape index (κ3) is 9.07. The van der Waals surface area contributed by atoms with Crippen molar-refractivity contribution in [3.05, 3.63) is 174 Å². The van der Waals surface area contributed by atoms with Crippen molar-refractivity contribution in [3.63, 3.8) is 0 Å². The van der Waals surface area contributed by atoms with Crippen LogP contribution in [0.1, 0.15) is 93.9 Å². The number of hydrogen-bond acceptors (Lipinski definition) is 3. The lowest BCUT2D eigenvalue weighted by molar-refractivity contribution is 0.268. The molecule has 0 amide bonds. The van der Waals surface area contributed by atoms with E-state index in [1.54, 1.807) is 0 Å². The summed E-state index contributed by atoms with van der Waals surface area (Å²) in [5, 5.41) is 0. The van der Waals surface area contributed by atoms with E-state index in [0.717, 1.165) is 103 Å². The molecule has 0 spiro atoms. The number of nitrogens with zero attached hydrogens (tertiary/aromatic N) is 3. The first-order valence-corrected chi connectivity index (χ1v) is 22.3. The van der Waals surface area contributed by atoms with E-state index in [9.17, 15) is 0 Å². The van der Waals surface area contributed by atoms with Gasteiger partial charge in [-0.25, -0.2) is 9.97 Å². The van der Waals surface area contributed by atoms with Gasteiger partial charge in [-0.15, -0.1) is 0 Å². The Bertz CT molecular complexity index is 2800. The molecule has 0 saturated carbocycles. The first kappa shape index (κ1) is 39.7. The Balaban J connectivity index is 1.32. The summed E-state index contributed by atoms with van der Waals surface area (Å²) < 4.78 is 9.35. The number of benzene rings is 4. The topological polar surface area (TPSA) is 55.7 Å². The Morgan fingerprint density at radius 1 is 0.492 bits per heavy atom. The van der Waals surface area contributed by atoms with Gasteiger partial charge in [-0.05, 0) is 77.7 Å². The van der Waals surface area contributed by atoms with E-state index in [4.69, 9.17) is 14.7 Å². The van der Waals surface area contributed by atoms with Gasteiger partial charge in [0.15, 0.2) is 0 Å². The number of unbranched alkanes of at least 4 members (excludes halogenated alkanes) is 9. The highest BCUT2D eigenvalue weighted by atomic mass is 16.5.